The molecular formula is C25H24N2O5S. The van der Waals surface area contributed by atoms with E-state index in [-0.39, 0.29) is 30.7 Å². The zero-order chi connectivity index (χ0) is 22.9. The van der Waals surface area contributed by atoms with Gasteiger partial charge in [0.2, 0.25) is 22.7 Å². The average Bonchev–Trinajstić information content (AvgIpc) is 3.33. The molecule has 3 aromatic carbocycles. The summed E-state index contributed by atoms with van der Waals surface area (Å²) >= 11 is 0. The van der Waals surface area contributed by atoms with Gasteiger partial charge in [-0.1, -0.05) is 48.5 Å². The third-order valence-corrected chi connectivity index (χ3v) is 8.26. The van der Waals surface area contributed by atoms with Crippen LogP contribution in [-0.2, 0) is 20.2 Å². The molecule has 0 unspecified atom stereocenters. The van der Waals surface area contributed by atoms with E-state index in [1.807, 2.05) is 30.3 Å². The molecule has 7 nitrogen and oxygen atoms in total. The Morgan fingerprint density at radius 3 is 2.18 bits per heavy atom. The third kappa shape index (κ3) is 3.96. The van der Waals surface area contributed by atoms with Crippen LogP contribution in [0.15, 0.2) is 83.8 Å². The predicted octanol–water partition coefficient (Wildman–Crippen LogP) is 3.78. The summed E-state index contributed by atoms with van der Waals surface area (Å²) in [7, 11) is -3.61. The van der Waals surface area contributed by atoms with Gasteiger partial charge in [-0.2, -0.15) is 4.31 Å². The summed E-state index contributed by atoms with van der Waals surface area (Å²) in [5.74, 6) is 1.07. The van der Waals surface area contributed by atoms with Crippen molar-refractivity contribution in [1.29, 1.82) is 0 Å². The minimum absolute atomic E-state index is 0.159. The minimum Gasteiger partial charge on any atom is -0.454 e. The van der Waals surface area contributed by atoms with E-state index in [0.717, 1.165) is 5.56 Å². The number of piperidine rings is 1. The summed E-state index contributed by atoms with van der Waals surface area (Å²) in [5, 5.41) is 3.02. The van der Waals surface area contributed by atoms with Crippen LogP contribution >= 0.6 is 0 Å². The standard InChI is InChI=1S/C25H24N2O5S/c28-24(26-20-11-12-22-23(17-20)32-18-31-22)25(19-7-3-1-4-8-19)13-15-27(16-14-25)33(29,30)21-9-5-2-6-10-21/h1-12,17H,13-16,18H2,(H,26,28). The molecule has 2 aliphatic rings. The van der Waals surface area contributed by atoms with Crippen LogP contribution in [0.25, 0.3) is 0 Å². The molecule has 1 saturated heterocycles. The number of hydrogen-bond donors (Lipinski definition) is 1. The van der Waals surface area contributed by atoms with E-state index in [0.29, 0.717) is 30.0 Å². The van der Waals surface area contributed by atoms with Crippen LogP contribution in [-0.4, -0.2) is 38.5 Å². The molecule has 8 heteroatoms. The summed E-state index contributed by atoms with van der Waals surface area (Å²) in [4.78, 5) is 13.9. The van der Waals surface area contributed by atoms with Crippen molar-refractivity contribution in [2.45, 2.75) is 23.2 Å². The van der Waals surface area contributed by atoms with Gasteiger partial charge in [-0.05, 0) is 42.7 Å². The molecule has 1 fully saturated rings. The molecule has 0 atom stereocenters. The fourth-order valence-electron chi connectivity index (χ4n) is 4.48. The molecule has 0 radical (unpaired) electrons. The monoisotopic (exact) mass is 464 g/mol. The fraction of sp³-hybridized carbons (Fsp3) is 0.240. The number of hydrogen-bond acceptors (Lipinski definition) is 5. The minimum atomic E-state index is -3.61. The van der Waals surface area contributed by atoms with Crippen LogP contribution in [0, 0.1) is 0 Å². The first-order valence-electron chi connectivity index (χ1n) is 10.8. The van der Waals surface area contributed by atoms with Crippen molar-refractivity contribution >= 4 is 21.6 Å². The first-order valence-corrected chi connectivity index (χ1v) is 12.2. The SMILES string of the molecule is O=C(Nc1ccc2c(c1)OCO2)C1(c2ccccc2)CCN(S(=O)(=O)c2ccccc2)CC1. The van der Waals surface area contributed by atoms with Crippen molar-refractivity contribution in [1.82, 2.24) is 4.31 Å². The van der Waals surface area contributed by atoms with E-state index >= 15 is 0 Å². The maximum Gasteiger partial charge on any atom is 0.243 e. The molecule has 0 bridgehead atoms. The molecule has 1 N–H and O–H groups in total. The lowest BCUT2D eigenvalue weighted by Gasteiger charge is -2.40. The Kier molecular flexibility index (Phi) is 5.55. The van der Waals surface area contributed by atoms with Gasteiger partial charge < -0.3 is 14.8 Å². The van der Waals surface area contributed by atoms with Crippen molar-refractivity contribution in [3.63, 3.8) is 0 Å². The fourth-order valence-corrected chi connectivity index (χ4v) is 5.94. The molecule has 3 aromatic rings. The third-order valence-electron chi connectivity index (χ3n) is 6.35. The van der Waals surface area contributed by atoms with E-state index in [2.05, 4.69) is 5.32 Å². The molecule has 170 valence electrons. The van der Waals surface area contributed by atoms with E-state index in [1.54, 1.807) is 48.5 Å². The zero-order valence-electron chi connectivity index (χ0n) is 17.9. The van der Waals surface area contributed by atoms with Crippen molar-refractivity contribution in [3.8, 4) is 11.5 Å². The second kappa shape index (κ2) is 8.53. The van der Waals surface area contributed by atoms with Crippen LogP contribution < -0.4 is 14.8 Å². The lowest BCUT2D eigenvalue weighted by atomic mass is 9.72. The maximum absolute atomic E-state index is 13.7. The molecule has 0 spiro atoms. The zero-order valence-corrected chi connectivity index (χ0v) is 18.8. The van der Waals surface area contributed by atoms with Crippen LogP contribution in [0.5, 0.6) is 11.5 Å². The van der Waals surface area contributed by atoms with Crippen LogP contribution in [0.1, 0.15) is 18.4 Å². The molecule has 1 amide bonds. The van der Waals surface area contributed by atoms with E-state index in [1.165, 1.54) is 4.31 Å². The first-order chi connectivity index (χ1) is 16.0. The average molecular weight is 465 g/mol. The topological polar surface area (TPSA) is 84.9 Å². The van der Waals surface area contributed by atoms with Crippen LogP contribution in [0.3, 0.4) is 0 Å². The van der Waals surface area contributed by atoms with E-state index in [4.69, 9.17) is 9.47 Å². The van der Waals surface area contributed by atoms with Crippen molar-refractivity contribution in [3.05, 3.63) is 84.4 Å². The molecular weight excluding hydrogens is 440 g/mol. The van der Waals surface area contributed by atoms with Crippen molar-refractivity contribution in [2.24, 2.45) is 0 Å². The van der Waals surface area contributed by atoms with Crippen LogP contribution in [0.2, 0.25) is 0 Å². The lowest BCUT2D eigenvalue weighted by molar-refractivity contribution is -0.123. The highest BCUT2D eigenvalue weighted by atomic mass is 32.2. The molecule has 5 rings (SSSR count). The molecule has 0 aliphatic carbocycles. The smallest absolute Gasteiger partial charge is 0.243 e. The second-order valence-corrected chi connectivity index (χ2v) is 10.1. The Labute approximate surface area is 193 Å². The molecule has 2 aliphatic heterocycles. The summed E-state index contributed by atoms with van der Waals surface area (Å²) in [6.07, 6.45) is 0.749. The summed E-state index contributed by atoms with van der Waals surface area (Å²) in [5.41, 5.74) is 0.638. The second-order valence-electron chi connectivity index (χ2n) is 8.19. The van der Waals surface area contributed by atoms with Gasteiger partial charge in [0.25, 0.3) is 0 Å². The van der Waals surface area contributed by atoms with Crippen molar-refractivity contribution in [2.75, 3.05) is 25.2 Å². The Morgan fingerprint density at radius 1 is 0.848 bits per heavy atom. The molecule has 0 aromatic heterocycles. The number of carbonyl (C=O) groups is 1. The number of nitrogens with zero attached hydrogens (tertiary/aromatic N) is 1. The summed E-state index contributed by atoms with van der Waals surface area (Å²) in [6, 6.07) is 23.3. The number of anilines is 1. The van der Waals surface area contributed by atoms with Gasteiger partial charge in [-0.25, -0.2) is 8.42 Å². The van der Waals surface area contributed by atoms with Gasteiger partial charge in [0.1, 0.15) is 0 Å². The molecule has 0 saturated carbocycles. The number of nitrogens with one attached hydrogen (secondary N) is 1. The Balaban J connectivity index is 1.41. The quantitative estimate of drug-likeness (QED) is 0.621. The summed E-state index contributed by atoms with van der Waals surface area (Å²) in [6.45, 7) is 0.660. The lowest BCUT2D eigenvalue weighted by Crippen LogP contribution is -2.50. The normalized spacial score (nSPS) is 17.5. The van der Waals surface area contributed by atoms with Gasteiger partial charge in [0, 0.05) is 24.8 Å². The van der Waals surface area contributed by atoms with Gasteiger partial charge in [-0.15, -0.1) is 0 Å². The number of rotatable bonds is 5. The number of fused-ring (bicyclic) bond motifs is 1. The van der Waals surface area contributed by atoms with E-state index < -0.39 is 15.4 Å². The van der Waals surface area contributed by atoms with E-state index in [9.17, 15) is 13.2 Å². The Hall–Kier alpha value is -3.36. The number of carbonyl (C=O) groups excluding carboxylic acids is 1. The summed E-state index contributed by atoms with van der Waals surface area (Å²) < 4.78 is 38.4. The highest BCUT2D eigenvalue weighted by Gasteiger charge is 2.45. The molecule has 33 heavy (non-hydrogen) atoms. The largest absolute Gasteiger partial charge is 0.454 e. The van der Waals surface area contributed by atoms with Gasteiger partial charge >= 0.3 is 0 Å². The maximum atomic E-state index is 13.7. The highest BCUT2D eigenvalue weighted by molar-refractivity contribution is 7.89. The first kappa shape index (κ1) is 21.5. The Morgan fingerprint density at radius 2 is 1.48 bits per heavy atom. The van der Waals surface area contributed by atoms with Crippen LogP contribution in [0.4, 0.5) is 5.69 Å². The van der Waals surface area contributed by atoms with Gasteiger partial charge in [-0.3, -0.25) is 4.79 Å². The number of sulfonamides is 1. The highest BCUT2D eigenvalue weighted by Crippen LogP contribution is 2.39. The number of benzene rings is 3. The van der Waals surface area contributed by atoms with Crippen molar-refractivity contribution < 1.29 is 22.7 Å². The number of amides is 1. The molecule has 2 heterocycles. The van der Waals surface area contributed by atoms with Gasteiger partial charge in [0.05, 0.1) is 10.3 Å². The Bertz CT molecular complexity index is 1250. The predicted molar refractivity (Wildman–Crippen MR) is 124 cm³/mol. The van der Waals surface area contributed by atoms with Gasteiger partial charge in [0.15, 0.2) is 11.5 Å². The number of ether oxygens (including phenoxy) is 2.